The summed E-state index contributed by atoms with van der Waals surface area (Å²) >= 11 is 0. The lowest BCUT2D eigenvalue weighted by Gasteiger charge is -2.37. The van der Waals surface area contributed by atoms with Gasteiger partial charge in [0.25, 0.3) is 0 Å². The topological polar surface area (TPSA) is 52.7 Å². The van der Waals surface area contributed by atoms with Gasteiger partial charge in [-0.2, -0.15) is 0 Å². The fourth-order valence-corrected chi connectivity index (χ4v) is 3.44. The average Bonchev–Trinajstić information content (AvgIpc) is 2.54. The molecule has 2 aliphatic heterocycles. The number of amides is 2. The molecular formula is C16H29N3O2. The summed E-state index contributed by atoms with van der Waals surface area (Å²) in [6.45, 7) is 5.45. The minimum absolute atomic E-state index is 0.000517. The Bertz CT molecular complexity index is 367. The number of piperidine rings is 2. The minimum atomic E-state index is -0.000517. The molecule has 1 unspecified atom stereocenters. The van der Waals surface area contributed by atoms with Crippen molar-refractivity contribution in [3.63, 3.8) is 0 Å². The van der Waals surface area contributed by atoms with E-state index in [4.69, 9.17) is 0 Å². The Balaban J connectivity index is 1.90. The lowest BCUT2D eigenvalue weighted by atomic mass is 9.94. The van der Waals surface area contributed by atoms with Gasteiger partial charge in [-0.1, -0.05) is 6.92 Å². The molecule has 0 aromatic heterocycles. The molecule has 1 N–H and O–H groups in total. The maximum absolute atomic E-state index is 12.7. The van der Waals surface area contributed by atoms with Gasteiger partial charge < -0.3 is 15.1 Å². The van der Waals surface area contributed by atoms with Crippen molar-refractivity contribution in [2.75, 3.05) is 33.2 Å². The molecule has 2 rings (SSSR count). The second-order valence-corrected chi connectivity index (χ2v) is 6.36. The normalized spacial score (nSPS) is 23.9. The van der Waals surface area contributed by atoms with Gasteiger partial charge in [0.2, 0.25) is 11.8 Å². The highest BCUT2D eigenvalue weighted by Gasteiger charge is 2.32. The van der Waals surface area contributed by atoms with Crippen LogP contribution in [-0.2, 0) is 9.59 Å². The monoisotopic (exact) mass is 295 g/mol. The number of nitrogens with one attached hydrogen (secondary N) is 1. The lowest BCUT2D eigenvalue weighted by molar-refractivity contribution is -0.141. The van der Waals surface area contributed by atoms with Crippen LogP contribution in [-0.4, -0.2) is 60.9 Å². The van der Waals surface area contributed by atoms with Gasteiger partial charge in [0.05, 0.1) is 5.92 Å². The first-order chi connectivity index (χ1) is 10.1. The van der Waals surface area contributed by atoms with Crippen LogP contribution >= 0.6 is 0 Å². The third-order valence-electron chi connectivity index (χ3n) is 4.79. The van der Waals surface area contributed by atoms with Crippen LogP contribution in [0.5, 0.6) is 0 Å². The van der Waals surface area contributed by atoms with Crippen LogP contribution in [0.2, 0.25) is 0 Å². The SMILES string of the molecule is CCCC(=O)N1CCCC(C(=O)N(C)C2CCNCC2)C1. The van der Waals surface area contributed by atoms with Crippen LogP contribution in [0.15, 0.2) is 0 Å². The molecule has 2 heterocycles. The van der Waals surface area contributed by atoms with Gasteiger partial charge in [-0.05, 0) is 45.2 Å². The summed E-state index contributed by atoms with van der Waals surface area (Å²) < 4.78 is 0. The zero-order valence-electron chi connectivity index (χ0n) is 13.4. The van der Waals surface area contributed by atoms with Crippen LogP contribution < -0.4 is 5.32 Å². The van der Waals surface area contributed by atoms with Gasteiger partial charge in [-0.3, -0.25) is 9.59 Å². The number of nitrogens with zero attached hydrogens (tertiary/aromatic N) is 2. The summed E-state index contributed by atoms with van der Waals surface area (Å²) in [4.78, 5) is 28.6. The van der Waals surface area contributed by atoms with Gasteiger partial charge in [0.1, 0.15) is 0 Å². The summed E-state index contributed by atoms with van der Waals surface area (Å²) in [6, 6.07) is 0.362. The Morgan fingerprint density at radius 2 is 1.95 bits per heavy atom. The van der Waals surface area contributed by atoms with E-state index in [1.807, 2.05) is 23.8 Å². The van der Waals surface area contributed by atoms with Crippen molar-refractivity contribution in [2.24, 2.45) is 5.92 Å². The number of carbonyl (C=O) groups is 2. The van der Waals surface area contributed by atoms with Crippen molar-refractivity contribution in [2.45, 2.75) is 51.5 Å². The molecule has 2 aliphatic rings. The van der Waals surface area contributed by atoms with Crippen LogP contribution in [0.4, 0.5) is 0 Å². The zero-order valence-corrected chi connectivity index (χ0v) is 13.4. The van der Waals surface area contributed by atoms with Crippen molar-refractivity contribution in [3.8, 4) is 0 Å². The van der Waals surface area contributed by atoms with Crippen molar-refractivity contribution >= 4 is 11.8 Å². The summed E-state index contributed by atoms with van der Waals surface area (Å²) in [5, 5.41) is 3.33. The van der Waals surface area contributed by atoms with Crippen LogP contribution in [0, 0.1) is 5.92 Å². The van der Waals surface area contributed by atoms with Crippen molar-refractivity contribution in [1.82, 2.24) is 15.1 Å². The molecule has 0 aliphatic carbocycles. The molecule has 1 atom stereocenters. The molecule has 0 spiro atoms. The second kappa shape index (κ2) is 7.78. The zero-order chi connectivity index (χ0) is 15.2. The van der Waals surface area contributed by atoms with Gasteiger partial charge >= 0.3 is 0 Å². The standard InChI is InChI=1S/C16H29N3O2/c1-3-5-15(20)19-11-4-6-13(12-19)16(21)18(2)14-7-9-17-10-8-14/h13-14,17H,3-12H2,1-2H3. The molecule has 120 valence electrons. The highest BCUT2D eigenvalue weighted by molar-refractivity contribution is 5.81. The predicted octanol–water partition coefficient (Wildman–Crippen LogP) is 1.24. The smallest absolute Gasteiger partial charge is 0.227 e. The summed E-state index contributed by atoms with van der Waals surface area (Å²) in [7, 11) is 1.94. The van der Waals surface area contributed by atoms with Crippen LogP contribution in [0.3, 0.4) is 0 Å². The Hall–Kier alpha value is -1.10. The van der Waals surface area contributed by atoms with E-state index in [2.05, 4.69) is 5.32 Å². The Labute approximate surface area is 128 Å². The largest absolute Gasteiger partial charge is 0.342 e. The fourth-order valence-electron chi connectivity index (χ4n) is 3.44. The van der Waals surface area contributed by atoms with Crippen molar-refractivity contribution in [1.29, 1.82) is 0 Å². The molecule has 0 bridgehead atoms. The highest BCUT2D eigenvalue weighted by atomic mass is 16.2. The maximum Gasteiger partial charge on any atom is 0.227 e. The average molecular weight is 295 g/mol. The second-order valence-electron chi connectivity index (χ2n) is 6.36. The van der Waals surface area contributed by atoms with Gasteiger partial charge in [0, 0.05) is 32.6 Å². The quantitative estimate of drug-likeness (QED) is 0.849. The molecule has 2 fully saturated rings. The van der Waals surface area contributed by atoms with E-state index >= 15 is 0 Å². The van der Waals surface area contributed by atoms with E-state index in [-0.39, 0.29) is 17.7 Å². The van der Waals surface area contributed by atoms with E-state index in [1.165, 1.54) is 0 Å². The van der Waals surface area contributed by atoms with E-state index in [0.29, 0.717) is 19.0 Å². The van der Waals surface area contributed by atoms with Crippen LogP contribution in [0.25, 0.3) is 0 Å². The highest BCUT2D eigenvalue weighted by Crippen LogP contribution is 2.22. The molecule has 0 aromatic carbocycles. The first-order valence-corrected chi connectivity index (χ1v) is 8.38. The summed E-state index contributed by atoms with van der Waals surface area (Å²) in [6.07, 6.45) is 5.42. The maximum atomic E-state index is 12.7. The number of rotatable bonds is 4. The van der Waals surface area contributed by atoms with E-state index in [0.717, 1.165) is 51.7 Å². The Morgan fingerprint density at radius 1 is 1.24 bits per heavy atom. The number of likely N-dealkylation sites (tertiary alicyclic amines) is 1. The third-order valence-corrected chi connectivity index (χ3v) is 4.79. The summed E-state index contributed by atoms with van der Waals surface area (Å²) in [5.74, 6) is 0.440. The van der Waals surface area contributed by atoms with Gasteiger partial charge in [0.15, 0.2) is 0 Å². The van der Waals surface area contributed by atoms with E-state index < -0.39 is 0 Å². The molecule has 0 saturated carbocycles. The molecule has 2 saturated heterocycles. The number of hydrogen-bond donors (Lipinski definition) is 1. The Morgan fingerprint density at radius 3 is 2.62 bits per heavy atom. The molecule has 0 radical (unpaired) electrons. The first-order valence-electron chi connectivity index (χ1n) is 8.38. The third kappa shape index (κ3) is 4.19. The fraction of sp³-hybridized carbons (Fsp3) is 0.875. The molecule has 2 amide bonds. The minimum Gasteiger partial charge on any atom is -0.342 e. The molecule has 21 heavy (non-hydrogen) atoms. The van der Waals surface area contributed by atoms with Crippen molar-refractivity contribution < 1.29 is 9.59 Å². The van der Waals surface area contributed by atoms with Gasteiger partial charge in [-0.25, -0.2) is 0 Å². The molecular weight excluding hydrogens is 266 g/mol. The predicted molar refractivity (Wildman–Crippen MR) is 82.9 cm³/mol. The number of hydrogen-bond acceptors (Lipinski definition) is 3. The first kappa shape index (κ1) is 16.3. The van der Waals surface area contributed by atoms with Crippen LogP contribution in [0.1, 0.15) is 45.4 Å². The Kier molecular flexibility index (Phi) is 6.03. The lowest BCUT2D eigenvalue weighted by Crippen LogP contribution is -2.50. The summed E-state index contributed by atoms with van der Waals surface area (Å²) in [5.41, 5.74) is 0. The van der Waals surface area contributed by atoms with E-state index in [9.17, 15) is 9.59 Å². The molecule has 5 nitrogen and oxygen atoms in total. The molecule has 5 heteroatoms. The number of carbonyl (C=O) groups excluding carboxylic acids is 2. The van der Waals surface area contributed by atoms with E-state index in [1.54, 1.807) is 0 Å². The van der Waals surface area contributed by atoms with Gasteiger partial charge in [-0.15, -0.1) is 0 Å². The van der Waals surface area contributed by atoms with Crippen molar-refractivity contribution in [3.05, 3.63) is 0 Å². The molecule has 0 aromatic rings.